The van der Waals surface area contributed by atoms with E-state index < -0.39 is 0 Å². The Labute approximate surface area is 136 Å². The molecule has 1 fully saturated rings. The number of anilines is 1. The highest BCUT2D eigenvalue weighted by molar-refractivity contribution is 5.57. The molecule has 0 saturated carbocycles. The second-order valence-electron chi connectivity index (χ2n) is 5.66. The summed E-state index contributed by atoms with van der Waals surface area (Å²) < 4.78 is 10.5. The van der Waals surface area contributed by atoms with Crippen molar-refractivity contribution in [1.82, 2.24) is 15.0 Å². The lowest BCUT2D eigenvalue weighted by Gasteiger charge is -2.30. The van der Waals surface area contributed by atoms with E-state index in [0.29, 0.717) is 17.9 Å². The number of hydrogen-bond donors (Lipinski definition) is 1. The van der Waals surface area contributed by atoms with Crippen LogP contribution in [0, 0.1) is 0 Å². The second kappa shape index (κ2) is 7.28. The van der Waals surface area contributed by atoms with Crippen molar-refractivity contribution in [2.75, 3.05) is 32.1 Å². The van der Waals surface area contributed by atoms with Gasteiger partial charge in [0.05, 0.1) is 7.11 Å². The van der Waals surface area contributed by atoms with Crippen molar-refractivity contribution in [1.29, 1.82) is 0 Å². The number of likely N-dealkylation sites (tertiary alicyclic amines) is 1. The third-order valence-corrected chi connectivity index (χ3v) is 4.06. The largest absolute Gasteiger partial charge is 0.497 e. The SMILES string of the molecule is C=CCN1CCC(Nc2nc(-c3cccc(OC)c3)no2)CC1. The van der Waals surface area contributed by atoms with Crippen molar-refractivity contribution in [3.8, 4) is 17.1 Å². The molecule has 0 spiro atoms. The van der Waals surface area contributed by atoms with Gasteiger partial charge in [-0.05, 0) is 25.0 Å². The highest BCUT2D eigenvalue weighted by atomic mass is 16.5. The van der Waals surface area contributed by atoms with E-state index in [4.69, 9.17) is 9.26 Å². The molecule has 0 unspecified atom stereocenters. The molecule has 2 heterocycles. The monoisotopic (exact) mass is 314 g/mol. The van der Waals surface area contributed by atoms with Gasteiger partial charge in [-0.2, -0.15) is 4.98 Å². The Morgan fingerprint density at radius 1 is 1.43 bits per heavy atom. The summed E-state index contributed by atoms with van der Waals surface area (Å²) in [5, 5.41) is 7.38. The molecule has 1 aromatic carbocycles. The highest BCUT2D eigenvalue weighted by Crippen LogP contribution is 2.23. The van der Waals surface area contributed by atoms with E-state index in [9.17, 15) is 0 Å². The van der Waals surface area contributed by atoms with Gasteiger partial charge in [0.25, 0.3) is 0 Å². The minimum atomic E-state index is 0.370. The fourth-order valence-electron chi connectivity index (χ4n) is 2.78. The minimum absolute atomic E-state index is 0.370. The van der Waals surface area contributed by atoms with Gasteiger partial charge in [-0.25, -0.2) is 0 Å². The third kappa shape index (κ3) is 3.90. The first-order valence-corrected chi connectivity index (χ1v) is 7.86. The number of benzene rings is 1. The fourth-order valence-corrected chi connectivity index (χ4v) is 2.78. The van der Waals surface area contributed by atoms with Gasteiger partial charge in [-0.1, -0.05) is 23.4 Å². The second-order valence-corrected chi connectivity index (χ2v) is 5.66. The lowest BCUT2D eigenvalue weighted by molar-refractivity contribution is 0.238. The van der Waals surface area contributed by atoms with Crippen LogP contribution in [0.5, 0.6) is 5.75 Å². The molecule has 1 aliphatic heterocycles. The molecule has 1 aliphatic rings. The number of nitrogens with one attached hydrogen (secondary N) is 1. The Balaban J connectivity index is 1.60. The maximum absolute atomic E-state index is 5.33. The van der Waals surface area contributed by atoms with E-state index in [1.165, 1.54) is 0 Å². The Hall–Kier alpha value is -2.34. The van der Waals surface area contributed by atoms with Gasteiger partial charge in [0.2, 0.25) is 5.82 Å². The maximum Gasteiger partial charge on any atom is 0.322 e. The van der Waals surface area contributed by atoms with Gasteiger partial charge in [-0.15, -0.1) is 6.58 Å². The zero-order valence-electron chi connectivity index (χ0n) is 13.4. The normalized spacial score (nSPS) is 16.2. The van der Waals surface area contributed by atoms with Crippen LogP contribution in [0.25, 0.3) is 11.4 Å². The summed E-state index contributed by atoms with van der Waals surface area (Å²) >= 11 is 0. The number of aromatic nitrogens is 2. The molecule has 1 aromatic heterocycles. The summed E-state index contributed by atoms with van der Waals surface area (Å²) in [7, 11) is 1.64. The average Bonchev–Trinajstić information content (AvgIpc) is 3.05. The van der Waals surface area contributed by atoms with E-state index in [-0.39, 0.29) is 0 Å². The number of ether oxygens (including phenoxy) is 1. The van der Waals surface area contributed by atoms with Gasteiger partial charge in [-0.3, -0.25) is 4.90 Å². The van der Waals surface area contributed by atoms with Gasteiger partial charge in [0.1, 0.15) is 5.75 Å². The smallest absolute Gasteiger partial charge is 0.322 e. The van der Waals surface area contributed by atoms with E-state index in [1.807, 2.05) is 30.3 Å². The standard InChI is InChI=1S/C17H22N4O2/c1-3-9-21-10-7-14(8-11-21)18-17-19-16(20-23-17)13-5-4-6-15(12-13)22-2/h3-6,12,14H,1,7-11H2,2H3,(H,18,19,20). The molecule has 0 radical (unpaired) electrons. The number of piperidine rings is 1. The summed E-state index contributed by atoms with van der Waals surface area (Å²) in [6, 6.07) is 8.47. The molecule has 0 bridgehead atoms. The Bertz CT molecular complexity index is 648. The van der Waals surface area contributed by atoms with Crippen molar-refractivity contribution in [2.24, 2.45) is 0 Å². The number of rotatable bonds is 6. The summed E-state index contributed by atoms with van der Waals surface area (Å²) in [5.74, 6) is 1.34. The van der Waals surface area contributed by atoms with E-state index >= 15 is 0 Å². The van der Waals surface area contributed by atoms with Gasteiger partial charge in [0, 0.05) is 31.2 Å². The zero-order chi connectivity index (χ0) is 16.1. The van der Waals surface area contributed by atoms with Crippen LogP contribution in [0.2, 0.25) is 0 Å². The molecule has 23 heavy (non-hydrogen) atoms. The zero-order valence-corrected chi connectivity index (χ0v) is 13.4. The maximum atomic E-state index is 5.33. The molecular weight excluding hydrogens is 292 g/mol. The average molecular weight is 314 g/mol. The van der Waals surface area contributed by atoms with Crippen molar-refractivity contribution in [3.63, 3.8) is 0 Å². The summed E-state index contributed by atoms with van der Waals surface area (Å²) in [6.45, 7) is 6.85. The van der Waals surface area contributed by atoms with Crippen LogP contribution >= 0.6 is 0 Å². The molecule has 0 atom stereocenters. The Kier molecular flexibility index (Phi) is 4.92. The Morgan fingerprint density at radius 2 is 2.26 bits per heavy atom. The molecule has 1 saturated heterocycles. The van der Waals surface area contributed by atoms with E-state index in [1.54, 1.807) is 7.11 Å². The highest BCUT2D eigenvalue weighted by Gasteiger charge is 2.20. The number of methoxy groups -OCH3 is 1. The van der Waals surface area contributed by atoms with Crippen LogP contribution in [-0.4, -0.2) is 47.8 Å². The first-order valence-electron chi connectivity index (χ1n) is 7.86. The van der Waals surface area contributed by atoms with Gasteiger partial charge >= 0.3 is 6.01 Å². The molecule has 0 aliphatic carbocycles. The fraction of sp³-hybridized carbons (Fsp3) is 0.412. The molecule has 2 aromatic rings. The predicted molar refractivity (Wildman–Crippen MR) is 89.6 cm³/mol. The molecule has 0 amide bonds. The minimum Gasteiger partial charge on any atom is -0.497 e. The van der Waals surface area contributed by atoms with Crippen LogP contribution in [0.1, 0.15) is 12.8 Å². The van der Waals surface area contributed by atoms with Crippen LogP contribution in [0.3, 0.4) is 0 Å². The number of hydrogen-bond acceptors (Lipinski definition) is 6. The summed E-state index contributed by atoms with van der Waals surface area (Å²) in [4.78, 5) is 6.82. The van der Waals surface area contributed by atoms with Gasteiger partial charge in [0.15, 0.2) is 0 Å². The van der Waals surface area contributed by atoms with Crippen LogP contribution in [0.15, 0.2) is 41.4 Å². The number of nitrogens with zero attached hydrogens (tertiary/aromatic N) is 3. The summed E-state index contributed by atoms with van der Waals surface area (Å²) in [5.41, 5.74) is 0.877. The topological polar surface area (TPSA) is 63.4 Å². The summed E-state index contributed by atoms with van der Waals surface area (Å²) in [6.07, 6.45) is 4.07. The Morgan fingerprint density at radius 3 is 3.00 bits per heavy atom. The molecular formula is C17H22N4O2. The van der Waals surface area contributed by atoms with Crippen molar-refractivity contribution < 1.29 is 9.26 Å². The molecule has 3 rings (SSSR count). The van der Waals surface area contributed by atoms with Crippen molar-refractivity contribution in [2.45, 2.75) is 18.9 Å². The van der Waals surface area contributed by atoms with Gasteiger partial charge < -0.3 is 14.6 Å². The molecule has 6 nitrogen and oxygen atoms in total. The van der Waals surface area contributed by atoms with E-state index in [0.717, 1.165) is 43.8 Å². The molecule has 1 N–H and O–H groups in total. The van der Waals surface area contributed by atoms with Crippen LogP contribution in [-0.2, 0) is 0 Å². The van der Waals surface area contributed by atoms with Crippen LogP contribution in [0.4, 0.5) is 6.01 Å². The van der Waals surface area contributed by atoms with Crippen molar-refractivity contribution >= 4 is 6.01 Å². The lowest BCUT2D eigenvalue weighted by Crippen LogP contribution is -2.39. The third-order valence-electron chi connectivity index (χ3n) is 4.06. The first kappa shape index (κ1) is 15.6. The van der Waals surface area contributed by atoms with E-state index in [2.05, 4.69) is 26.9 Å². The van der Waals surface area contributed by atoms with Crippen LogP contribution < -0.4 is 10.1 Å². The van der Waals surface area contributed by atoms with Crippen molar-refractivity contribution in [3.05, 3.63) is 36.9 Å². The molecule has 6 heteroatoms. The lowest BCUT2D eigenvalue weighted by atomic mass is 10.1. The predicted octanol–water partition coefficient (Wildman–Crippen LogP) is 2.81. The molecule has 122 valence electrons. The quantitative estimate of drug-likeness (QED) is 0.827. The first-order chi connectivity index (χ1) is 11.3.